The predicted octanol–water partition coefficient (Wildman–Crippen LogP) is 0.184. The average molecular weight is 125 g/mol. The van der Waals surface area contributed by atoms with E-state index in [0.717, 1.165) is 0 Å². The smallest absolute Gasteiger partial charge is 0.368 e. The molecule has 0 radical (unpaired) electrons. The Labute approximate surface area is 52.5 Å². The largest absolute Gasteiger partial charge is 0.386 e. The van der Waals surface area contributed by atoms with Gasteiger partial charge in [0.1, 0.15) is 5.84 Å². The molecule has 4 heteroatoms. The van der Waals surface area contributed by atoms with E-state index in [1.165, 1.54) is 6.21 Å². The fraction of sp³-hybridized carbons (Fsp3) is 0.400. The minimum atomic E-state index is -0.509. The van der Waals surface area contributed by atoms with Crippen LogP contribution >= 0.6 is 0 Å². The van der Waals surface area contributed by atoms with Gasteiger partial charge in [0.05, 0.1) is 0 Å². The zero-order valence-electron chi connectivity index (χ0n) is 5.03. The van der Waals surface area contributed by atoms with Crippen molar-refractivity contribution in [3.63, 3.8) is 0 Å². The first-order chi connectivity index (χ1) is 4.20. The quantitative estimate of drug-likeness (QED) is 0.502. The first-order valence-electron chi connectivity index (χ1n) is 2.62. The minimum absolute atomic E-state index is 0.00250. The van der Waals surface area contributed by atoms with E-state index in [9.17, 15) is 4.79 Å². The number of hydrogen-bond acceptors (Lipinski definition) is 2. The summed E-state index contributed by atoms with van der Waals surface area (Å²) in [5.74, 6) is 0.345. The predicted molar refractivity (Wildman–Crippen MR) is 34.7 cm³/mol. The Morgan fingerprint density at radius 2 is 2.44 bits per heavy atom. The number of carbonyl (C=O) groups excluding carboxylic acids is 1. The van der Waals surface area contributed by atoms with Gasteiger partial charge in [0, 0.05) is 12.1 Å². The van der Waals surface area contributed by atoms with Gasteiger partial charge in [-0.25, -0.2) is 9.79 Å². The molecule has 1 atom stereocenters. The van der Waals surface area contributed by atoms with Crippen LogP contribution in [0.15, 0.2) is 9.98 Å². The van der Waals surface area contributed by atoms with E-state index in [-0.39, 0.29) is 5.92 Å². The molecule has 1 heterocycles. The van der Waals surface area contributed by atoms with E-state index < -0.39 is 6.03 Å². The highest BCUT2D eigenvalue weighted by molar-refractivity contribution is 6.07. The van der Waals surface area contributed by atoms with Gasteiger partial charge in [-0.2, -0.15) is 4.99 Å². The zero-order valence-corrected chi connectivity index (χ0v) is 5.03. The summed E-state index contributed by atoms with van der Waals surface area (Å²) in [5.41, 5.74) is 5.31. The lowest BCUT2D eigenvalue weighted by atomic mass is 10.2. The monoisotopic (exact) mass is 125 g/mol. The second-order valence-corrected chi connectivity index (χ2v) is 1.89. The van der Waals surface area contributed by atoms with Crippen LogP contribution < -0.4 is 5.73 Å². The molecule has 1 unspecified atom stereocenters. The molecular formula is C5H7N3O. The molecule has 48 valence electrons. The number of amidine groups is 1. The van der Waals surface area contributed by atoms with Crippen LogP contribution in [0, 0.1) is 5.92 Å². The summed E-state index contributed by atoms with van der Waals surface area (Å²) in [4.78, 5) is 17.2. The molecule has 0 aromatic heterocycles. The Kier molecular flexibility index (Phi) is 1.30. The third-order valence-corrected chi connectivity index (χ3v) is 1.10. The topological polar surface area (TPSA) is 67.8 Å². The number of nitrogens with zero attached hydrogens (tertiary/aromatic N) is 2. The number of amides is 2. The fourth-order valence-corrected chi connectivity index (χ4v) is 0.493. The lowest BCUT2D eigenvalue weighted by Crippen LogP contribution is -2.26. The standard InChI is InChI=1S/C5H7N3O/c1-3-2-7-5(9)8-4(3)6/h2-3H,1H3,(H2,6,8,9). The summed E-state index contributed by atoms with van der Waals surface area (Å²) in [6.45, 7) is 1.83. The normalized spacial score (nSPS) is 26.1. The molecule has 0 fully saturated rings. The summed E-state index contributed by atoms with van der Waals surface area (Å²) in [5, 5.41) is 0. The van der Waals surface area contributed by atoms with Crippen LogP contribution in [-0.4, -0.2) is 18.1 Å². The van der Waals surface area contributed by atoms with Crippen molar-refractivity contribution in [1.29, 1.82) is 0 Å². The van der Waals surface area contributed by atoms with Crippen molar-refractivity contribution >= 4 is 18.1 Å². The second-order valence-electron chi connectivity index (χ2n) is 1.89. The Bertz CT molecular complexity index is 194. The van der Waals surface area contributed by atoms with Crippen molar-refractivity contribution in [3.8, 4) is 0 Å². The van der Waals surface area contributed by atoms with Crippen LogP contribution in [0.1, 0.15) is 6.92 Å². The third-order valence-electron chi connectivity index (χ3n) is 1.10. The van der Waals surface area contributed by atoms with Crippen LogP contribution in [0.25, 0.3) is 0 Å². The van der Waals surface area contributed by atoms with Gasteiger partial charge in [0.15, 0.2) is 0 Å². The molecule has 4 nitrogen and oxygen atoms in total. The maximum absolute atomic E-state index is 10.4. The van der Waals surface area contributed by atoms with E-state index >= 15 is 0 Å². The Hall–Kier alpha value is -1.19. The van der Waals surface area contributed by atoms with Gasteiger partial charge in [0.25, 0.3) is 0 Å². The lowest BCUT2D eigenvalue weighted by Gasteiger charge is -2.05. The summed E-state index contributed by atoms with van der Waals surface area (Å²) in [6.07, 6.45) is 1.49. The van der Waals surface area contributed by atoms with E-state index in [4.69, 9.17) is 5.73 Å². The maximum atomic E-state index is 10.4. The Morgan fingerprint density at radius 1 is 1.78 bits per heavy atom. The molecule has 0 saturated carbocycles. The second kappa shape index (κ2) is 1.97. The van der Waals surface area contributed by atoms with Gasteiger partial charge < -0.3 is 5.73 Å². The lowest BCUT2D eigenvalue weighted by molar-refractivity contribution is 0.256. The molecule has 1 aliphatic heterocycles. The van der Waals surface area contributed by atoms with Crippen molar-refractivity contribution < 1.29 is 4.79 Å². The summed E-state index contributed by atoms with van der Waals surface area (Å²) in [7, 11) is 0. The maximum Gasteiger partial charge on any atom is 0.368 e. The molecule has 2 amide bonds. The van der Waals surface area contributed by atoms with Gasteiger partial charge in [-0.1, -0.05) is 6.92 Å². The highest BCUT2D eigenvalue weighted by atomic mass is 16.2. The first-order valence-corrected chi connectivity index (χ1v) is 2.62. The molecule has 0 aliphatic carbocycles. The van der Waals surface area contributed by atoms with Gasteiger partial charge in [-0.3, -0.25) is 0 Å². The number of aliphatic imine (C=N–C) groups is 2. The van der Waals surface area contributed by atoms with Crippen LogP contribution in [0.3, 0.4) is 0 Å². The number of nitrogens with two attached hydrogens (primary N) is 1. The summed E-state index contributed by atoms with van der Waals surface area (Å²) >= 11 is 0. The van der Waals surface area contributed by atoms with Gasteiger partial charge >= 0.3 is 6.03 Å². The van der Waals surface area contributed by atoms with Crippen molar-refractivity contribution in [3.05, 3.63) is 0 Å². The zero-order chi connectivity index (χ0) is 6.85. The van der Waals surface area contributed by atoms with Crippen LogP contribution in [-0.2, 0) is 0 Å². The third kappa shape index (κ3) is 1.13. The highest BCUT2D eigenvalue weighted by Crippen LogP contribution is 1.98. The number of hydrogen-bond donors (Lipinski definition) is 1. The minimum Gasteiger partial charge on any atom is -0.386 e. The molecule has 1 rings (SSSR count). The Balaban J connectivity index is 2.82. The fourth-order valence-electron chi connectivity index (χ4n) is 0.493. The molecule has 2 N–H and O–H groups in total. The van der Waals surface area contributed by atoms with Gasteiger partial charge in [-0.05, 0) is 0 Å². The van der Waals surface area contributed by atoms with E-state index in [2.05, 4.69) is 9.98 Å². The van der Waals surface area contributed by atoms with Crippen molar-refractivity contribution in [2.75, 3.05) is 0 Å². The molecule has 1 aliphatic rings. The van der Waals surface area contributed by atoms with Crippen molar-refractivity contribution in [1.82, 2.24) is 0 Å². The Morgan fingerprint density at radius 3 is 2.89 bits per heavy atom. The van der Waals surface area contributed by atoms with E-state index in [1.807, 2.05) is 6.92 Å². The average Bonchev–Trinajstić information content (AvgIpc) is 1.80. The van der Waals surface area contributed by atoms with Crippen molar-refractivity contribution in [2.45, 2.75) is 6.92 Å². The highest BCUT2D eigenvalue weighted by Gasteiger charge is 2.10. The van der Waals surface area contributed by atoms with Gasteiger partial charge in [0.2, 0.25) is 0 Å². The summed E-state index contributed by atoms with van der Waals surface area (Å²) < 4.78 is 0. The molecule has 0 spiro atoms. The van der Waals surface area contributed by atoms with Gasteiger partial charge in [-0.15, -0.1) is 0 Å². The van der Waals surface area contributed by atoms with Crippen LogP contribution in [0.5, 0.6) is 0 Å². The molecule has 0 aromatic carbocycles. The van der Waals surface area contributed by atoms with E-state index in [0.29, 0.717) is 5.84 Å². The molecule has 0 aromatic rings. The first kappa shape index (κ1) is 5.94. The summed E-state index contributed by atoms with van der Waals surface area (Å²) in [6, 6.07) is -0.509. The SMILES string of the molecule is CC1C=NC(=O)N=C1N. The van der Waals surface area contributed by atoms with Crippen LogP contribution in [0.4, 0.5) is 4.79 Å². The molecular weight excluding hydrogens is 118 g/mol. The van der Waals surface area contributed by atoms with Crippen LogP contribution in [0.2, 0.25) is 0 Å². The molecule has 0 bridgehead atoms. The number of carbonyl (C=O) groups is 1. The molecule has 9 heavy (non-hydrogen) atoms. The van der Waals surface area contributed by atoms with E-state index in [1.54, 1.807) is 0 Å². The number of rotatable bonds is 0. The van der Waals surface area contributed by atoms with Crippen molar-refractivity contribution in [2.24, 2.45) is 21.6 Å². The molecule has 0 saturated heterocycles. The number of urea groups is 1.